The van der Waals surface area contributed by atoms with Gasteiger partial charge in [-0.15, -0.1) is 11.3 Å². The third-order valence-corrected chi connectivity index (χ3v) is 4.46. The molecule has 0 saturated carbocycles. The molecule has 17 heavy (non-hydrogen) atoms. The summed E-state index contributed by atoms with van der Waals surface area (Å²) < 4.78 is 25.5. The van der Waals surface area contributed by atoms with Crippen LogP contribution in [0.1, 0.15) is 10.5 Å². The molecule has 0 aliphatic carbocycles. The molecule has 0 amide bonds. The number of nitrogens with zero attached hydrogens (tertiary/aromatic N) is 2. The van der Waals surface area contributed by atoms with Crippen molar-refractivity contribution in [2.24, 2.45) is 0 Å². The lowest BCUT2D eigenvalue weighted by molar-refractivity contribution is 0.0687. The van der Waals surface area contributed by atoms with E-state index in [0.717, 1.165) is 16.8 Å². The number of sulfonamides is 1. The minimum Gasteiger partial charge on any atom is -0.476 e. The zero-order valence-corrected chi connectivity index (χ0v) is 9.75. The van der Waals surface area contributed by atoms with E-state index in [1.54, 1.807) is 0 Å². The van der Waals surface area contributed by atoms with Crippen molar-refractivity contribution in [1.29, 1.82) is 0 Å². The number of hydrogen-bond donors (Lipinski definition) is 3. The number of thiazole rings is 1. The predicted octanol–water partition coefficient (Wildman–Crippen LogP) is 0.365. The van der Waals surface area contributed by atoms with Crippen molar-refractivity contribution in [2.45, 2.75) is 4.21 Å². The maximum Gasteiger partial charge on any atom is 0.356 e. The fourth-order valence-electron chi connectivity index (χ4n) is 1.07. The first-order valence-corrected chi connectivity index (χ1v) is 6.56. The quantitative estimate of drug-likeness (QED) is 0.739. The Labute approximate surface area is 99.4 Å². The fraction of sp³-hybridized carbons (Fsp3) is 0. The lowest BCUT2D eigenvalue weighted by Gasteiger charge is -2.03. The smallest absolute Gasteiger partial charge is 0.356 e. The van der Waals surface area contributed by atoms with Gasteiger partial charge in [-0.1, -0.05) is 0 Å². The standard InChI is InChI=1S/C7H6N4O4S2/c12-6(13)5-7(16-3-8-5)17(14,15)11-4-1-2-9-10-4/h1-3H,(H,12,13)(H2,9,10,11). The van der Waals surface area contributed by atoms with E-state index in [-0.39, 0.29) is 10.0 Å². The summed E-state index contributed by atoms with van der Waals surface area (Å²) in [5.41, 5.74) is 0.660. The molecule has 3 N–H and O–H groups in total. The van der Waals surface area contributed by atoms with Gasteiger partial charge in [0, 0.05) is 6.07 Å². The van der Waals surface area contributed by atoms with Crippen molar-refractivity contribution < 1.29 is 18.3 Å². The number of aromatic carboxylic acids is 1. The third kappa shape index (κ3) is 2.26. The number of carboxylic acids is 1. The van der Waals surface area contributed by atoms with Crippen LogP contribution in [-0.4, -0.2) is 34.7 Å². The summed E-state index contributed by atoms with van der Waals surface area (Å²) >= 11 is 0.730. The molecule has 8 nitrogen and oxygen atoms in total. The molecule has 2 aromatic rings. The Morgan fingerprint density at radius 2 is 2.29 bits per heavy atom. The number of aromatic amines is 1. The van der Waals surface area contributed by atoms with Gasteiger partial charge in [0.15, 0.2) is 9.90 Å². The molecule has 2 aromatic heterocycles. The highest BCUT2D eigenvalue weighted by atomic mass is 32.2. The molecule has 0 radical (unpaired) electrons. The summed E-state index contributed by atoms with van der Waals surface area (Å²) in [6, 6.07) is 1.40. The van der Waals surface area contributed by atoms with Crippen LogP contribution >= 0.6 is 11.3 Å². The molecule has 0 unspecified atom stereocenters. The van der Waals surface area contributed by atoms with Crippen LogP contribution in [-0.2, 0) is 10.0 Å². The van der Waals surface area contributed by atoms with Crippen LogP contribution in [0.4, 0.5) is 5.82 Å². The molecule has 0 aliphatic rings. The minimum atomic E-state index is -3.96. The van der Waals surface area contributed by atoms with Crippen molar-refractivity contribution >= 4 is 33.1 Å². The second-order valence-electron chi connectivity index (χ2n) is 2.87. The molecule has 0 fully saturated rings. The molecule has 0 bridgehead atoms. The van der Waals surface area contributed by atoms with Gasteiger partial charge in [-0.3, -0.25) is 9.82 Å². The maximum absolute atomic E-state index is 11.8. The Kier molecular flexibility index (Phi) is 2.81. The lowest BCUT2D eigenvalue weighted by atomic mass is 10.5. The number of nitrogens with one attached hydrogen (secondary N) is 2. The number of rotatable bonds is 4. The molecule has 0 spiro atoms. The summed E-state index contributed by atoms with van der Waals surface area (Å²) in [6.45, 7) is 0. The summed E-state index contributed by atoms with van der Waals surface area (Å²) in [7, 11) is -3.96. The summed E-state index contributed by atoms with van der Waals surface area (Å²) in [5, 5.41) is 14.7. The zero-order valence-electron chi connectivity index (χ0n) is 8.11. The molecule has 2 rings (SSSR count). The second kappa shape index (κ2) is 4.14. The molecule has 0 aliphatic heterocycles. The average Bonchev–Trinajstić information content (AvgIpc) is 2.84. The first kappa shape index (κ1) is 11.5. The topological polar surface area (TPSA) is 125 Å². The van der Waals surface area contributed by atoms with Crippen LogP contribution in [0.25, 0.3) is 0 Å². The number of H-pyrrole nitrogens is 1. The fourth-order valence-corrected chi connectivity index (χ4v) is 3.23. The van der Waals surface area contributed by atoms with Gasteiger partial charge in [0.25, 0.3) is 10.0 Å². The molecular weight excluding hydrogens is 268 g/mol. The molecule has 2 heterocycles. The van der Waals surface area contributed by atoms with Crippen molar-refractivity contribution in [3.8, 4) is 0 Å². The Morgan fingerprint density at radius 1 is 1.53 bits per heavy atom. The molecule has 10 heteroatoms. The highest BCUT2D eigenvalue weighted by molar-refractivity contribution is 7.94. The molecular formula is C7H6N4O4S2. The maximum atomic E-state index is 11.8. The van der Waals surface area contributed by atoms with E-state index in [4.69, 9.17) is 5.11 Å². The Balaban J connectivity index is 2.38. The van der Waals surface area contributed by atoms with Gasteiger partial charge in [0.1, 0.15) is 5.82 Å². The SMILES string of the molecule is O=C(O)c1ncsc1S(=O)(=O)Nc1ccn[nH]1. The van der Waals surface area contributed by atoms with Crippen molar-refractivity contribution in [3.05, 3.63) is 23.5 Å². The number of carboxylic acid groups (broad SMARTS) is 1. The highest BCUT2D eigenvalue weighted by Crippen LogP contribution is 2.22. The Hall–Kier alpha value is -1.94. The zero-order chi connectivity index (χ0) is 12.5. The average molecular weight is 274 g/mol. The van der Waals surface area contributed by atoms with Crippen molar-refractivity contribution in [1.82, 2.24) is 15.2 Å². The number of carbonyl (C=O) groups is 1. The van der Waals surface area contributed by atoms with E-state index < -0.39 is 21.7 Å². The molecule has 0 saturated heterocycles. The largest absolute Gasteiger partial charge is 0.476 e. The van der Waals surface area contributed by atoms with Gasteiger partial charge in [-0.2, -0.15) is 5.10 Å². The molecule has 0 atom stereocenters. The van der Waals surface area contributed by atoms with E-state index in [1.165, 1.54) is 12.3 Å². The first-order valence-electron chi connectivity index (χ1n) is 4.19. The van der Waals surface area contributed by atoms with E-state index in [0.29, 0.717) is 0 Å². The van der Waals surface area contributed by atoms with Crippen LogP contribution in [0.2, 0.25) is 0 Å². The predicted molar refractivity (Wildman–Crippen MR) is 58.5 cm³/mol. The summed E-state index contributed by atoms with van der Waals surface area (Å²) in [4.78, 5) is 14.2. The van der Waals surface area contributed by atoms with Gasteiger partial charge < -0.3 is 5.11 Å². The van der Waals surface area contributed by atoms with E-state index in [2.05, 4.69) is 19.9 Å². The monoisotopic (exact) mass is 274 g/mol. The van der Waals surface area contributed by atoms with Crippen LogP contribution in [0.5, 0.6) is 0 Å². The summed E-state index contributed by atoms with van der Waals surface area (Å²) in [6.07, 6.45) is 1.36. The third-order valence-electron chi connectivity index (χ3n) is 1.73. The lowest BCUT2D eigenvalue weighted by Crippen LogP contribution is -2.15. The minimum absolute atomic E-state index is 0.148. The summed E-state index contributed by atoms with van der Waals surface area (Å²) in [5.74, 6) is -1.24. The van der Waals surface area contributed by atoms with E-state index in [1.807, 2.05) is 0 Å². The second-order valence-corrected chi connectivity index (χ2v) is 5.60. The van der Waals surface area contributed by atoms with Gasteiger partial charge in [-0.05, 0) is 0 Å². The van der Waals surface area contributed by atoms with Gasteiger partial charge in [0.05, 0.1) is 11.7 Å². The normalized spacial score (nSPS) is 11.3. The first-order chi connectivity index (χ1) is 8.00. The van der Waals surface area contributed by atoms with Crippen LogP contribution in [0, 0.1) is 0 Å². The number of aromatic nitrogens is 3. The highest BCUT2D eigenvalue weighted by Gasteiger charge is 2.25. The molecule has 0 aromatic carbocycles. The van der Waals surface area contributed by atoms with Gasteiger partial charge in [0.2, 0.25) is 0 Å². The number of hydrogen-bond acceptors (Lipinski definition) is 6. The van der Waals surface area contributed by atoms with Crippen molar-refractivity contribution in [2.75, 3.05) is 4.72 Å². The van der Waals surface area contributed by atoms with Crippen LogP contribution in [0.15, 0.2) is 22.0 Å². The van der Waals surface area contributed by atoms with E-state index >= 15 is 0 Å². The van der Waals surface area contributed by atoms with Crippen LogP contribution < -0.4 is 4.72 Å². The van der Waals surface area contributed by atoms with Gasteiger partial charge >= 0.3 is 5.97 Å². The number of anilines is 1. The van der Waals surface area contributed by atoms with E-state index in [9.17, 15) is 13.2 Å². The van der Waals surface area contributed by atoms with Gasteiger partial charge in [-0.25, -0.2) is 18.2 Å². The Morgan fingerprint density at radius 3 is 2.88 bits per heavy atom. The van der Waals surface area contributed by atoms with Crippen LogP contribution in [0.3, 0.4) is 0 Å². The Bertz CT molecular complexity index is 631. The van der Waals surface area contributed by atoms with Crippen molar-refractivity contribution in [3.63, 3.8) is 0 Å². The molecule has 90 valence electrons.